The van der Waals surface area contributed by atoms with E-state index in [0.29, 0.717) is 47.7 Å². The molecule has 3 heterocycles. The Hall–Kier alpha value is -2.69. The highest BCUT2D eigenvalue weighted by Crippen LogP contribution is 2.30. The fourth-order valence-electron chi connectivity index (χ4n) is 4.67. The largest absolute Gasteiger partial charge is 0.481 e. The minimum atomic E-state index is -3.73. The average molecular weight is 461 g/mol. The topological polar surface area (TPSA) is 127 Å². The highest BCUT2D eigenvalue weighted by Gasteiger charge is 2.34. The standard InChI is InChI=1S/C22H28N4O5S/c1-3-26(15-9-10-25(2)13-15)32(30,31)16-7-8-18-17(11-16)20-14(5-4-6-19(27)28)12-23-21(20)22(29)24-18/h7-8,11-12,15,23H,3-6,9-10,13H2,1-2H3,(H,24,29)(H,27,28). The zero-order chi connectivity index (χ0) is 23.0. The van der Waals surface area contributed by atoms with Gasteiger partial charge in [0, 0.05) is 48.0 Å². The van der Waals surface area contributed by atoms with Gasteiger partial charge in [-0.15, -0.1) is 0 Å². The number of sulfonamides is 1. The quantitative estimate of drug-likeness (QED) is 0.473. The van der Waals surface area contributed by atoms with Gasteiger partial charge in [-0.3, -0.25) is 9.59 Å². The minimum Gasteiger partial charge on any atom is -0.481 e. The summed E-state index contributed by atoms with van der Waals surface area (Å²) in [5, 5.41) is 10.2. The zero-order valence-corrected chi connectivity index (χ0v) is 19.0. The maximum absolute atomic E-state index is 13.5. The number of aliphatic carboxylic acids is 1. The van der Waals surface area contributed by atoms with Crippen LogP contribution in [0.15, 0.2) is 34.1 Å². The van der Waals surface area contributed by atoms with Crippen LogP contribution in [-0.2, 0) is 21.2 Å². The Kier molecular flexibility index (Phi) is 6.11. The molecule has 1 aromatic carbocycles. The summed E-state index contributed by atoms with van der Waals surface area (Å²) in [6.45, 7) is 3.78. The number of likely N-dealkylation sites (tertiary alicyclic amines) is 1. The average Bonchev–Trinajstić information content (AvgIpc) is 3.35. The Bertz CT molecular complexity index is 1330. The first kappa shape index (κ1) is 22.5. The van der Waals surface area contributed by atoms with E-state index in [1.165, 1.54) is 6.07 Å². The molecule has 172 valence electrons. The SMILES string of the molecule is CCN(C1CCN(C)C1)S(=O)(=O)c1ccc2[nH]c(=O)c3[nH]cc(CCCC(=O)O)c3c2c1. The molecule has 0 spiro atoms. The molecule has 1 fully saturated rings. The van der Waals surface area contributed by atoms with Gasteiger partial charge < -0.3 is 20.0 Å². The first-order valence-electron chi connectivity index (χ1n) is 10.8. The molecule has 3 aromatic rings. The van der Waals surface area contributed by atoms with E-state index in [9.17, 15) is 18.0 Å². The predicted octanol–water partition coefficient (Wildman–Crippen LogP) is 2.13. The number of H-pyrrole nitrogens is 2. The lowest BCUT2D eigenvalue weighted by atomic mass is 10.0. The first-order chi connectivity index (χ1) is 15.2. The van der Waals surface area contributed by atoms with Crippen LogP contribution in [0.4, 0.5) is 0 Å². The maximum Gasteiger partial charge on any atom is 0.303 e. The number of aromatic amines is 2. The monoisotopic (exact) mass is 460 g/mol. The van der Waals surface area contributed by atoms with Gasteiger partial charge in [0.05, 0.1) is 4.90 Å². The second-order valence-electron chi connectivity index (χ2n) is 8.39. The van der Waals surface area contributed by atoms with E-state index in [1.807, 2.05) is 14.0 Å². The molecule has 0 bridgehead atoms. The van der Waals surface area contributed by atoms with E-state index in [4.69, 9.17) is 5.11 Å². The van der Waals surface area contributed by atoms with Crippen LogP contribution in [0.3, 0.4) is 0 Å². The number of nitrogens with one attached hydrogen (secondary N) is 2. The number of pyridine rings is 1. The summed E-state index contributed by atoms with van der Waals surface area (Å²) in [7, 11) is -1.74. The van der Waals surface area contributed by atoms with E-state index in [2.05, 4.69) is 14.9 Å². The van der Waals surface area contributed by atoms with Gasteiger partial charge >= 0.3 is 5.97 Å². The lowest BCUT2D eigenvalue weighted by Crippen LogP contribution is -2.41. The number of likely N-dealkylation sites (N-methyl/N-ethyl adjacent to an activating group) is 2. The first-order valence-corrected chi connectivity index (χ1v) is 12.2. The van der Waals surface area contributed by atoms with Crippen LogP contribution in [0.5, 0.6) is 0 Å². The number of nitrogens with zero attached hydrogens (tertiary/aromatic N) is 2. The second-order valence-corrected chi connectivity index (χ2v) is 10.3. The Balaban J connectivity index is 1.81. The molecular weight excluding hydrogens is 432 g/mol. The van der Waals surface area contributed by atoms with Gasteiger partial charge in [0.15, 0.2) is 0 Å². The molecule has 1 atom stereocenters. The van der Waals surface area contributed by atoms with Crippen molar-refractivity contribution in [2.24, 2.45) is 0 Å². The molecule has 0 saturated carbocycles. The number of benzene rings is 1. The summed E-state index contributed by atoms with van der Waals surface area (Å²) in [6.07, 6.45) is 3.41. The van der Waals surface area contributed by atoms with E-state index in [0.717, 1.165) is 18.5 Å². The van der Waals surface area contributed by atoms with E-state index < -0.39 is 16.0 Å². The number of fused-ring (bicyclic) bond motifs is 3. The fourth-order valence-corrected chi connectivity index (χ4v) is 6.35. The molecule has 32 heavy (non-hydrogen) atoms. The second kappa shape index (κ2) is 8.68. The van der Waals surface area contributed by atoms with E-state index in [1.54, 1.807) is 22.6 Å². The predicted molar refractivity (Wildman–Crippen MR) is 122 cm³/mol. The van der Waals surface area contributed by atoms with Crippen molar-refractivity contribution in [2.45, 2.75) is 43.5 Å². The third-order valence-electron chi connectivity index (χ3n) is 6.23. The molecule has 0 radical (unpaired) electrons. The number of rotatable bonds is 8. The molecule has 1 aliphatic heterocycles. The Labute approximate surface area is 186 Å². The molecule has 9 nitrogen and oxygen atoms in total. The lowest BCUT2D eigenvalue weighted by Gasteiger charge is -2.27. The van der Waals surface area contributed by atoms with Crippen molar-refractivity contribution in [1.29, 1.82) is 0 Å². The van der Waals surface area contributed by atoms with Gasteiger partial charge in [-0.1, -0.05) is 6.92 Å². The number of carbonyl (C=O) groups is 1. The number of hydrogen-bond donors (Lipinski definition) is 3. The van der Waals surface area contributed by atoms with Crippen LogP contribution in [0.2, 0.25) is 0 Å². The molecule has 0 amide bonds. The molecule has 2 aromatic heterocycles. The summed E-state index contributed by atoms with van der Waals surface area (Å²) in [4.78, 5) is 31.5. The van der Waals surface area contributed by atoms with Crippen molar-refractivity contribution in [1.82, 2.24) is 19.2 Å². The number of carboxylic acids is 1. The van der Waals surface area contributed by atoms with Crippen LogP contribution in [0, 0.1) is 0 Å². The van der Waals surface area contributed by atoms with Crippen LogP contribution in [0.25, 0.3) is 21.8 Å². The summed E-state index contributed by atoms with van der Waals surface area (Å²) in [6, 6.07) is 4.72. The summed E-state index contributed by atoms with van der Waals surface area (Å²) < 4.78 is 28.6. The molecular formula is C22H28N4O5S. The number of aryl methyl sites for hydroxylation is 1. The third kappa shape index (κ3) is 4.05. The smallest absolute Gasteiger partial charge is 0.303 e. The third-order valence-corrected chi connectivity index (χ3v) is 8.25. The fraction of sp³-hybridized carbons (Fsp3) is 0.455. The number of carboxylic acid groups (broad SMARTS) is 1. The van der Waals surface area contributed by atoms with Crippen molar-refractivity contribution in [2.75, 3.05) is 26.7 Å². The minimum absolute atomic E-state index is 0.0225. The molecule has 3 N–H and O–H groups in total. The van der Waals surface area contributed by atoms with Crippen LogP contribution >= 0.6 is 0 Å². The molecule has 1 aliphatic rings. The van der Waals surface area contributed by atoms with Crippen molar-refractivity contribution in [3.63, 3.8) is 0 Å². The molecule has 10 heteroatoms. The molecule has 4 rings (SSSR count). The number of aromatic nitrogens is 2. The van der Waals surface area contributed by atoms with E-state index >= 15 is 0 Å². The van der Waals surface area contributed by atoms with Gasteiger partial charge in [-0.25, -0.2) is 8.42 Å². The van der Waals surface area contributed by atoms with E-state index in [-0.39, 0.29) is 22.9 Å². The molecule has 1 unspecified atom stereocenters. The van der Waals surface area contributed by atoms with Gasteiger partial charge in [0.25, 0.3) is 5.56 Å². The zero-order valence-electron chi connectivity index (χ0n) is 18.2. The summed E-state index contributed by atoms with van der Waals surface area (Å²) in [5.74, 6) is -0.877. The summed E-state index contributed by atoms with van der Waals surface area (Å²) in [5.41, 5.74) is 1.42. The van der Waals surface area contributed by atoms with Crippen molar-refractivity contribution < 1.29 is 18.3 Å². The lowest BCUT2D eigenvalue weighted by molar-refractivity contribution is -0.137. The Morgan fingerprint density at radius 2 is 2.12 bits per heavy atom. The van der Waals surface area contributed by atoms with Crippen LogP contribution in [0.1, 0.15) is 31.7 Å². The van der Waals surface area contributed by atoms with Crippen molar-refractivity contribution in [3.8, 4) is 0 Å². The van der Waals surface area contributed by atoms with Crippen molar-refractivity contribution in [3.05, 3.63) is 40.3 Å². The summed E-state index contributed by atoms with van der Waals surface area (Å²) >= 11 is 0. The maximum atomic E-state index is 13.5. The van der Waals surface area contributed by atoms with Gasteiger partial charge in [-0.2, -0.15) is 4.31 Å². The highest BCUT2D eigenvalue weighted by atomic mass is 32.2. The Morgan fingerprint density at radius 1 is 1.34 bits per heavy atom. The number of hydrogen-bond acceptors (Lipinski definition) is 5. The van der Waals surface area contributed by atoms with Crippen molar-refractivity contribution >= 4 is 37.8 Å². The highest BCUT2D eigenvalue weighted by molar-refractivity contribution is 7.89. The molecule has 0 aliphatic carbocycles. The van der Waals surface area contributed by atoms with Gasteiger partial charge in [0.2, 0.25) is 10.0 Å². The van der Waals surface area contributed by atoms with Crippen LogP contribution < -0.4 is 5.56 Å². The normalized spacial score (nSPS) is 17.7. The molecule has 1 saturated heterocycles. The van der Waals surface area contributed by atoms with Gasteiger partial charge in [-0.05, 0) is 56.6 Å². The van der Waals surface area contributed by atoms with Gasteiger partial charge in [0.1, 0.15) is 5.52 Å². The van der Waals surface area contributed by atoms with Crippen LogP contribution in [-0.4, -0.2) is 71.4 Å². The Morgan fingerprint density at radius 3 is 2.78 bits per heavy atom.